The highest BCUT2D eigenvalue weighted by molar-refractivity contribution is 5.80. The summed E-state index contributed by atoms with van der Waals surface area (Å²) in [6.07, 6.45) is -3.09. The number of rotatable bonds is 13. The fourth-order valence-electron chi connectivity index (χ4n) is 1.78. The van der Waals surface area contributed by atoms with E-state index < -0.39 is 55.5 Å². The first-order valence-corrected chi connectivity index (χ1v) is 6.54. The summed E-state index contributed by atoms with van der Waals surface area (Å²) in [5, 5.41) is 44.0. The average molecular weight is 337 g/mol. The SMILES string of the molecule is O=C(O)CC(OCCN(CCO)[C@@H](CC(=O)O)C(=O)O)C(=O)O. The zero-order chi connectivity index (χ0) is 18.0. The number of aliphatic carboxylic acids is 4. The highest BCUT2D eigenvalue weighted by atomic mass is 16.5. The van der Waals surface area contributed by atoms with E-state index in [9.17, 15) is 19.2 Å². The maximum absolute atomic E-state index is 11.1. The third-order valence-corrected chi connectivity index (χ3v) is 2.81. The molecule has 0 fully saturated rings. The Morgan fingerprint density at radius 3 is 1.83 bits per heavy atom. The third kappa shape index (κ3) is 8.70. The number of aliphatic hydroxyl groups excluding tert-OH is 1. The molecule has 0 aliphatic carbocycles. The minimum Gasteiger partial charge on any atom is -0.481 e. The zero-order valence-electron chi connectivity index (χ0n) is 12.1. The summed E-state index contributed by atoms with van der Waals surface area (Å²) in [5.74, 6) is -5.63. The first kappa shape index (κ1) is 20.8. The van der Waals surface area contributed by atoms with E-state index in [1.54, 1.807) is 0 Å². The molecule has 0 heterocycles. The molecule has 0 rings (SSSR count). The lowest BCUT2D eigenvalue weighted by molar-refractivity contribution is -0.158. The van der Waals surface area contributed by atoms with Crippen LogP contribution in [-0.4, -0.2) is 92.8 Å². The van der Waals surface area contributed by atoms with Crippen LogP contribution in [-0.2, 0) is 23.9 Å². The molecule has 23 heavy (non-hydrogen) atoms. The smallest absolute Gasteiger partial charge is 0.333 e. The minimum atomic E-state index is -1.61. The molecule has 0 aromatic heterocycles. The summed E-state index contributed by atoms with van der Waals surface area (Å²) < 4.78 is 4.88. The van der Waals surface area contributed by atoms with Crippen molar-refractivity contribution in [2.75, 3.05) is 26.3 Å². The van der Waals surface area contributed by atoms with Crippen LogP contribution in [0.4, 0.5) is 0 Å². The quantitative estimate of drug-likeness (QED) is 0.254. The van der Waals surface area contributed by atoms with Crippen LogP contribution in [0, 0.1) is 0 Å². The van der Waals surface area contributed by atoms with Crippen LogP contribution >= 0.6 is 0 Å². The fourth-order valence-corrected chi connectivity index (χ4v) is 1.78. The van der Waals surface area contributed by atoms with Crippen LogP contribution in [0.25, 0.3) is 0 Å². The van der Waals surface area contributed by atoms with Crippen molar-refractivity contribution in [1.82, 2.24) is 4.90 Å². The van der Waals surface area contributed by atoms with Gasteiger partial charge in [-0.05, 0) is 0 Å². The fraction of sp³-hybridized carbons (Fsp3) is 0.667. The van der Waals surface area contributed by atoms with Crippen LogP contribution < -0.4 is 0 Å². The van der Waals surface area contributed by atoms with Gasteiger partial charge in [-0.25, -0.2) is 4.79 Å². The van der Waals surface area contributed by atoms with Gasteiger partial charge in [-0.1, -0.05) is 0 Å². The molecule has 0 saturated heterocycles. The van der Waals surface area contributed by atoms with Crippen LogP contribution in [0.15, 0.2) is 0 Å². The predicted molar refractivity (Wildman–Crippen MR) is 72.0 cm³/mol. The van der Waals surface area contributed by atoms with Gasteiger partial charge in [0.2, 0.25) is 0 Å². The Balaban J connectivity index is 4.73. The molecule has 1 unspecified atom stereocenters. The van der Waals surface area contributed by atoms with Gasteiger partial charge >= 0.3 is 23.9 Å². The van der Waals surface area contributed by atoms with Gasteiger partial charge in [-0.2, -0.15) is 0 Å². The van der Waals surface area contributed by atoms with E-state index in [1.807, 2.05) is 0 Å². The van der Waals surface area contributed by atoms with Crippen molar-refractivity contribution < 1.29 is 49.4 Å². The monoisotopic (exact) mass is 337 g/mol. The summed E-state index contributed by atoms with van der Waals surface area (Å²) >= 11 is 0. The summed E-state index contributed by atoms with van der Waals surface area (Å²) in [5.41, 5.74) is 0. The Morgan fingerprint density at radius 1 is 0.870 bits per heavy atom. The van der Waals surface area contributed by atoms with Gasteiger partial charge in [-0.3, -0.25) is 19.3 Å². The maximum Gasteiger partial charge on any atom is 0.333 e. The lowest BCUT2D eigenvalue weighted by Gasteiger charge is -2.27. The van der Waals surface area contributed by atoms with Crippen molar-refractivity contribution >= 4 is 23.9 Å². The van der Waals surface area contributed by atoms with Crippen LogP contribution in [0.2, 0.25) is 0 Å². The van der Waals surface area contributed by atoms with Gasteiger partial charge < -0.3 is 30.3 Å². The Bertz CT molecular complexity index is 438. The third-order valence-electron chi connectivity index (χ3n) is 2.81. The molecule has 0 aromatic carbocycles. The number of hydrogen-bond acceptors (Lipinski definition) is 7. The number of carbonyl (C=O) groups is 4. The van der Waals surface area contributed by atoms with Crippen molar-refractivity contribution in [2.45, 2.75) is 25.0 Å². The summed E-state index contributed by atoms with van der Waals surface area (Å²) in [7, 11) is 0. The number of carboxylic acids is 4. The van der Waals surface area contributed by atoms with Gasteiger partial charge in [0.15, 0.2) is 6.10 Å². The van der Waals surface area contributed by atoms with Crippen molar-refractivity contribution in [2.24, 2.45) is 0 Å². The summed E-state index contributed by atoms with van der Waals surface area (Å²) in [6.45, 7) is -1.13. The van der Waals surface area contributed by atoms with E-state index >= 15 is 0 Å². The number of aliphatic hydroxyl groups is 1. The first-order valence-electron chi connectivity index (χ1n) is 6.54. The van der Waals surface area contributed by atoms with Gasteiger partial charge in [0.25, 0.3) is 0 Å². The second-order valence-electron chi connectivity index (χ2n) is 4.51. The molecule has 0 amide bonds. The van der Waals surface area contributed by atoms with E-state index in [0.29, 0.717) is 0 Å². The predicted octanol–water partition coefficient (Wildman–Crippen LogP) is -1.85. The first-order chi connectivity index (χ1) is 10.7. The minimum absolute atomic E-state index is 0.162. The highest BCUT2D eigenvalue weighted by Crippen LogP contribution is 2.07. The van der Waals surface area contributed by atoms with Crippen molar-refractivity contribution in [1.29, 1.82) is 0 Å². The second-order valence-corrected chi connectivity index (χ2v) is 4.51. The molecular weight excluding hydrogens is 318 g/mol. The molecule has 11 nitrogen and oxygen atoms in total. The topological polar surface area (TPSA) is 182 Å². The Morgan fingerprint density at radius 2 is 1.43 bits per heavy atom. The van der Waals surface area contributed by atoms with E-state index in [0.717, 1.165) is 4.90 Å². The van der Waals surface area contributed by atoms with Crippen molar-refractivity contribution in [3.8, 4) is 0 Å². The zero-order valence-corrected chi connectivity index (χ0v) is 12.1. The molecule has 0 aromatic rings. The standard InChI is InChI=1S/C12H19NO10/c14-3-1-13(7(11(19)20)5-9(15)16)2-4-23-8(12(21)22)6-10(17)18/h7-8,14H,1-6H2,(H,15,16)(H,17,18)(H,19,20)(H,21,22)/t7-,8?/m0/s1. The highest BCUT2D eigenvalue weighted by Gasteiger charge is 2.28. The largest absolute Gasteiger partial charge is 0.481 e. The Hall–Kier alpha value is -2.24. The van der Waals surface area contributed by atoms with Gasteiger partial charge in [0, 0.05) is 13.1 Å². The van der Waals surface area contributed by atoms with Crippen molar-refractivity contribution in [3.05, 3.63) is 0 Å². The van der Waals surface area contributed by atoms with Gasteiger partial charge in [0.1, 0.15) is 6.04 Å². The molecule has 5 N–H and O–H groups in total. The number of nitrogens with zero attached hydrogens (tertiary/aromatic N) is 1. The normalized spacial score (nSPS) is 13.5. The molecular formula is C12H19NO10. The average Bonchev–Trinajstić information content (AvgIpc) is 2.41. The van der Waals surface area contributed by atoms with Crippen LogP contribution in [0.5, 0.6) is 0 Å². The molecule has 0 aliphatic rings. The summed E-state index contributed by atoms with van der Waals surface area (Å²) in [4.78, 5) is 44.2. The molecule has 0 bridgehead atoms. The van der Waals surface area contributed by atoms with E-state index in [-0.39, 0.29) is 19.7 Å². The Kier molecular flexibility index (Phi) is 9.46. The molecule has 0 saturated carbocycles. The lowest BCUT2D eigenvalue weighted by atomic mass is 10.1. The maximum atomic E-state index is 11.1. The van der Waals surface area contributed by atoms with Gasteiger partial charge in [-0.15, -0.1) is 0 Å². The van der Waals surface area contributed by atoms with E-state index in [1.165, 1.54) is 0 Å². The van der Waals surface area contributed by atoms with E-state index in [4.69, 9.17) is 30.3 Å². The molecule has 0 aliphatic heterocycles. The summed E-state index contributed by atoms with van der Waals surface area (Å²) in [6, 6.07) is -1.42. The molecule has 132 valence electrons. The number of carboxylic acid groups (broad SMARTS) is 4. The lowest BCUT2D eigenvalue weighted by Crippen LogP contribution is -2.46. The second kappa shape index (κ2) is 10.5. The number of ether oxygens (including phenoxy) is 1. The van der Waals surface area contributed by atoms with Crippen molar-refractivity contribution in [3.63, 3.8) is 0 Å². The molecule has 0 spiro atoms. The van der Waals surface area contributed by atoms with Crippen LogP contribution in [0.3, 0.4) is 0 Å². The number of hydrogen-bond donors (Lipinski definition) is 5. The molecule has 0 radical (unpaired) electrons. The molecule has 11 heteroatoms. The molecule has 2 atom stereocenters. The van der Waals surface area contributed by atoms with E-state index in [2.05, 4.69) is 0 Å². The van der Waals surface area contributed by atoms with Crippen LogP contribution in [0.1, 0.15) is 12.8 Å². The Labute approximate surface area is 130 Å². The van der Waals surface area contributed by atoms with Gasteiger partial charge in [0.05, 0.1) is 26.1 Å².